The maximum Gasteiger partial charge on any atom is 0.422 e. The molecule has 10 nitrogen and oxygen atoms in total. The number of alkyl halides is 6. The van der Waals surface area contributed by atoms with Gasteiger partial charge in [0.2, 0.25) is 0 Å². The number of carbonyl (C=O) groups is 1. The molecule has 3 heterocycles. The minimum absolute atomic E-state index is 0.0292. The number of carbonyl (C=O) groups excluding carboxylic acids is 1. The monoisotopic (exact) mass is 526 g/mol. The second-order valence-corrected chi connectivity index (χ2v) is 8.08. The fourth-order valence-electron chi connectivity index (χ4n) is 3.55. The standard InChI is InChI=1S/C21H16F6N8O2/c1-12(16-32-11-34(33-16)18-30-6-13(7-31-18)37-10-20(22,23)24)35(19(9-28)3-4-19)17(36)14-2-5-29-8-15(14)21(25,26)27/h2,5-8,11-12H,3-4,10H2,1H3. The van der Waals surface area contributed by atoms with Crippen LogP contribution in [0.1, 0.15) is 47.6 Å². The lowest BCUT2D eigenvalue weighted by Gasteiger charge is -2.32. The fraction of sp³-hybridized carbons (Fsp3) is 0.381. The van der Waals surface area contributed by atoms with Gasteiger partial charge in [0.15, 0.2) is 18.2 Å². The first-order chi connectivity index (χ1) is 17.3. The molecule has 1 amide bonds. The van der Waals surface area contributed by atoms with E-state index < -0.39 is 47.6 Å². The molecule has 1 aliphatic rings. The van der Waals surface area contributed by atoms with Gasteiger partial charge in [-0.25, -0.2) is 15.0 Å². The molecular formula is C21H16F6N8O2. The molecule has 0 spiro atoms. The predicted octanol–water partition coefficient (Wildman–Crippen LogP) is 3.67. The number of nitriles is 1. The van der Waals surface area contributed by atoms with Crippen LogP contribution in [0, 0.1) is 11.3 Å². The molecule has 0 radical (unpaired) electrons. The molecular weight excluding hydrogens is 510 g/mol. The van der Waals surface area contributed by atoms with E-state index >= 15 is 0 Å². The SMILES string of the molecule is CC(c1ncn(-c2ncc(OCC(F)(F)F)cn2)n1)N(C(=O)c1ccncc1C(F)(F)F)C1(C#N)CC1. The van der Waals surface area contributed by atoms with Gasteiger partial charge >= 0.3 is 12.4 Å². The van der Waals surface area contributed by atoms with E-state index in [9.17, 15) is 36.4 Å². The van der Waals surface area contributed by atoms with Gasteiger partial charge in [-0.2, -0.15) is 36.3 Å². The first-order valence-electron chi connectivity index (χ1n) is 10.5. The van der Waals surface area contributed by atoms with Crippen LogP contribution >= 0.6 is 0 Å². The first-order valence-corrected chi connectivity index (χ1v) is 10.5. The summed E-state index contributed by atoms with van der Waals surface area (Å²) in [7, 11) is 0. The van der Waals surface area contributed by atoms with E-state index in [4.69, 9.17) is 0 Å². The highest BCUT2D eigenvalue weighted by Gasteiger charge is 2.54. The number of nitrogens with zero attached hydrogens (tertiary/aromatic N) is 8. The summed E-state index contributed by atoms with van der Waals surface area (Å²) >= 11 is 0. The van der Waals surface area contributed by atoms with Crippen molar-refractivity contribution < 1.29 is 35.9 Å². The molecule has 3 aromatic heterocycles. The quantitative estimate of drug-likeness (QED) is 0.428. The van der Waals surface area contributed by atoms with Crippen LogP contribution in [0.15, 0.2) is 37.2 Å². The van der Waals surface area contributed by atoms with Gasteiger partial charge < -0.3 is 9.64 Å². The van der Waals surface area contributed by atoms with E-state index in [0.717, 1.165) is 40.6 Å². The molecule has 1 saturated carbocycles. The number of hydrogen-bond acceptors (Lipinski definition) is 8. The summed E-state index contributed by atoms with van der Waals surface area (Å²) in [5.41, 5.74) is -3.26. The van der Waals surface area contributed by atoms with Crippen LogP contribution in [0.25, 0.3) is 5.95 Å². The lowest BCUT2D eigenvalue weighted by atomic mass is 10.0. The number of rotatable bonds is 7. The van der Waals surface area contributed by atoms with E-state index in [1.54, 1.807) is 0 Å². The highest BCUT2D eigenvalue weighted by molar-refractivity contribution is 5.97. The van der Waals surface area contributed by atoms with Gasteiger partial charge in [-0.05, 0) is 25.8 Å². The van der Waals surface area contributed by atoms with E-state index in [1.165, 1.54) is 6.92 Å². The minimum Gasteiger partial charge on any atom is -0.481 e. The van der Waals surface area contributed by atoms with Gasteiger partial charge in [0.05, 0.1) is 35.6 Å². The average Bonchev–Trinajstić information content (AvgIpc) is 3.47. The molecule has 1 fully saturated rings. The number of pyridine rings is 1. The van der Waals surface area contributed by atoms with Crippen molar-refractivity contribution in [1.29, 1.82) is 5.26 Å². The number of aromatic nitrogens is 6. The third-order valence-corrected chi connectivity index (χ3v) is 5.46. The van der Waals surface area contributed by atoms with E-state index in [0.29, 0.717) is 6.20 Å². The van der Waals surface area contributed by atoms with Crippen molar-refractivity contribution in [2.24, 2.45) is 0 Å². The molecule has 194 valence electrons. The molecule has 0 aromatic carbocycles. The Labute approximate surface area is 204 Å². The molecule has 0 aliphatic heterocycles. The zero-order chi connectivity index (χ0) is 27.0. The summed E-state index contributed by atoms with van der Waals surface area (Å²) < 4.78 is 83.1. The zero-order valence-corrected chi connectivity index (χ0v) is 18.8. The first kappa shape index (κ1) is 25.8. The van der Waals surface area contributed by atoms with Gasteiger partial charge in [-0.3, -0.25) is 9.78 Å². The summed E-state index contributed by atoms with van der Waals surface area (Å²) in [6.45, 7) is -0.0723. The van der Waals surface area contributed by atoms with Gasteiger partial charge in [-0.1, -0.05) is 0 Å². The van der Waals surface area contributed by atoms with Crippen molar-refractivity contribution in [3.05, 3.63) is 54.1 Å². The van der Waals surface area contributed by atoms with Gasteiger partial charge in [0.25, 0.3) is 11.9 Å². The van der Waals surface area contributed by atoms with Crippen LogP contribution in [-0.4, -0.2) is 58.8 Å². The van der Waals surface area contributed by atoms with Crippen molar-refractivity contribution in [3.63, 3.8) is 0 Å². The average molecular weight is 526 g/mol. The fourth-order valence-corrected chi connectivity index (χ4v) is 3.55. The van der Waals surface area contributed by atoms with Gasteiger partial charge in [0, 0.05) is 12.4 Å². The summed E-state index contributed by atoms with van der Waals surface area (Å²) in [6, 6.07) is 1.90. The molecule has 0 saturated heterocycles. The van der Waals surface area contributed by atoms with Gasteiger partial charge in [-0.15, -0.1) is 5.10 Å². The van der Waals surface area contributed by atoms with Crippen molar-refractivity contribution in [2.45, 2.75) is 43.7 Å². The van der Waals surface area contributed by atoms with Crippen molar-refractivity contribution in [3.8, 4) is 17.8 Å². The van der Waals surface area contributed by atoms with Crippen molar-refractivity contribution >= 4 is 5.91 Å². The molecule has 4 rings (SSSR count). The Kier molecular flexibility index (Phi) is 6.48. The summed E-state index contributed by atoms with van der Waals surface area (Å²) in [5.74, 6) is -1.41. The predicted molar refractivity (Wildman–Crippen MR) is 110 cm³/mol. The van der Waals surface area contributed by atoms with Crippen LogP contribution in [0.4, 0.5) is 26.3 Å². The Morgan fingerprint density at radius 2 is 1.86 bits per heavy atom. The van der Waals surface area contributed by atoms with Crippen LogP contribution < -0.4 is 4.74 Å². The Morgan fingerprint density at radius 3 is 2.43 bits per heavy atom. The summed E-state index contributed by atoms with van der Waals surface area (Å²) in [6.07, 6.45) is -4.19. The Morgan fingerprint density at radius 1 is 1.19 bits per heavy atom. The Hall–Kier alpha value is -4.29. The van der Waals surface area contributed by atoms with Crippen LogP contribution in [0.2, 0.25) is 0 Å². The van der Waals surface area contributed by atoms with E-state index in [-0.39, 0.29) is 30.4 Å². The third kappa shape index (κ3) is 5.44. The van der Waals surface area contributed by atoms with Crippen LogP contribution in [-0.2, 0) is 6.18 Å². The molecule has 1 aliphatic carbocycles. The summed E-state index contributed by atoms with van der Waals surface area (Å²) in [4.78, 5) is 29.7. The molecule has 0 bridgehead atoms. The molecule has 3 aromatic rings. The van der Waals surface area contributed by atoms with E-state index in [2.05, 4.69) is 29.8 Å². The zero-order valence-electron chi connectivity index (χ0n) is 18.8. The van der Waals surface area contributed by atoms with Crippen molar-refractivity contribution in [2.75, 3.05) is 6.61 Å². The number of hydrogen-bond donors (Lipinski definition) is 0. The Bertz CT molecular complexity index is 1330. The normalized spacial score (nSPS) is 15.5. The second-order valence-electron chi connectivity index (χ2n) is 8.08. The molecule has 1 unspecified atom stereocenters. The lowest BCUT2D eigenvalue weighted by Crippen LogP contribution is -2.44. The molecule has 0 N–H and O–H groups in total. The lowest BCUT2D eigenvalue weighted by molar-refractivity contribution is -0.153. The Balaban J connectivity index is 1.61. The smallest absolute Gasteiger partial charge is 0.422 e. The highest BCUT2D eigenvalue weighted by Crippen LogP contribution is 2.46. The molecule has 1 atom stereocenters. The number of halogens is 6. The van der Waals surface area contributed by atoms with E-state index in [1.807, 2.05) is 6.07 Å². The third-order valence-electron chi connectivity index (χ3n) is 5.46. The maximum absolute atomic E-state index is 13.5. The van der Waals surface area contributed by atoms with Crippen LogP contribution in [0.3, 0.4) is 0 Å². The molecule has 16 heteroatoms. The number of ether oxygens (including phenoxy) is 1. The van der Waals surface area contributed by atoms with Crippen LogP contribution in [0.5, 0.6) is 5.75 Å². The topological polar surface area (TPSA) is 123 Å². The minimum atomic E-state index is -4.86. The highest BCUT2D eigenvalue weighted by atomic mass is 19.4. The summed E-state index contributed by atoms with van der Waals surface area (Å²) in [5, 5.41) is 13.9. The molecule has 37 heavy (non-hydrogen) atoms. The maximum atomic E-state index is 13.5. The second kappa shape index (κ2) is 9.30. The van der Waals surface area contributed by atoms with Gasteiger partial charge in [0.1, 0.15) is 11.9 Å². The number of amides is 1. The largest absolute Gasteiger partial charge is 0.481 e. The van der Waals surface area contributed by atoms with Crippen molar-refractivity contribution in [1.82, 2.24) is 34.6 Å².